The van der Waals surface area contributed by atoms with E-state index in [0.29, 0.717) is 16.5 Å². The second kappa shape index (κ2) is 2.92. The molecule has 2 rings (SSSR count). The zero-order valence-corrected chi connectivity index (χ0v) is 7.50. The maximum absolute atomic E-state index is 11.1. The predicted octanol–water partition coefficient (Wildman–Crippen LogP) is 1.29. The molecule has 1 saturated carbocycles. The van der Waals surface area contributed by atoms with Crippen molar-refractivity contribution in [1.82, 2.24) is 4.98 Å². The average Bonchev–Trinajstić information content (AvgIpc) is 2.83. The van der Waals surface area contributed by atoms with Crippen molar-refractivity contribution >= 4 is 23.1 Å². The molecule has 0 saturated heterocycles. The number of thiazole rings is 1. The number of nitrogens with zero attached hydrogens (tertiary/aromatic N) is 1. The molecule has 1 aliphatic carbocycles. The molecule has 1 heterocycles. The number of Topliss-reactive ketones (excluding diaryl/α,β-unsaturated/α-hetero) is 1. The van der Waals surface area contributed by atoms with Gasteiger partial charge in [-0.3, -0.25) is 4.79 Å². The van der Waals surface area contributed by atoms with Gasteiger partial charge in [-0.25, -0.2) is 9.78 Å². The quantitative estimate of drug-likeness (QED) is 0.585. The van der Waals surface area contributed by atoms with E-state index in [-0.39, 0.29) is 0 Å². The lowest BCUT2D eigenvalue weighted by molar-refractivity contribution is -0.131. The molecule has 0 aliphatic heterocycles. The summed E-state index contributed by atoms with van der Waals surface area (Å²) in [5, 5.41) is 8.51. The van der Waals surface area contributed by atoms with Crippen LogP contribution in [0.5, 0.6) is 0 Å². The molecule has 0 bridgehead atoms. The second-order valence-corrected chi connectivity index (χ2v) is 3.83. The zero-order chi connectivity index (χ0) is 9.42. The van der Waals surface area contributed by atoms with Gasteiger partial charge in [-0.1, -0.05) is 0 Å². The Morgan fingerprint density at radius 1 is 1.54 bits per heavy atom. The van der Waals surface area contributed by atoms with Crippen LogP contribution in [0.3, 0.4) is 0 Å². The van der Waals surface area contributed by atoms with Gasteiger partial charge in [0.25, 0.3) is 5.78 Å². The Hall–Kier alpha value is -1.23. The number of carbonyl (C=O) groups excluding carboxylic acids is 1. The highest BCUT2D eigenvalue weighted by Gasteiger charge is 2.32. The van der Waals surface area contributed by atoms with Crippen molar-refractivity contribution in [2.24, 2.45) is 0 Å². The summed E-state index contributed by atoms with van der Waals surface area (Å²) in [7, 11) is 0. The summed E-state index contributed by atoms with van der Waals surface area (Å²) in [5.74, 6) is -1.90. The topological polar surface area (TPSA) is 67.3 Å². The Kier molecular flexibility index (Phi) is 1.88. The molecule has 1 aliphatic rings. The van der Waals surface area contributed by atoms with Crippen molar-refractivity contribution in [3.63, 3.8) is 0 Å². The normalized spacial score (nSPS) is 15.7. The molecule has 0 spiro atoms. The summed E-state index contributed by atoms with van der Waals surface area (Å²) >= 11 is 1.11. The number of aliphatic carboxylic acids is 1. The first-order chi connectivity index (χ1) is 6.20. The molecule has 0 amide bonds. The van der Waals surface area contributed by atoms with Gasteiger partial charge in [0.2, 0.25) is 0 Å². The molecule has 13 heavy (non-hydrogen) atoms. The number of carbonyl (C=O) groups is 2. The van der Waals surface area contributed by atoms with E-state index in [1.807, 2.05) is 0 Å². The Morgan fingerprint density at radius 2 is 2.23 bits per heavy atom. The van der Waals surface area contributed by atoms with Crippen LogP contribution in [0.2, 0.25) is 0 Å². The third-order valence-corrected chi connectivity index (χ3v) is 2.80. The molecule has 0 unspecified atom stereocenters. The number of hydrogen-bond acceptors (Lipinski definition) is 4. The number of hydrogen-bond donors (Lipinski definition) is 1. The van der Waals surface area contributed by atoms with E-state index in [0.717, 1.165) is 24.2 Å². The fraction of sp³-hybridized carbons (Fsp3) is 0.375. The minimum absolute atomic E-state index is 0.301. The van der Waals surface area contributed by atoms with Crippen LogP contribution >= 0.6 is 11.3 Å². The zero-order valence-electron chi connectivity index (χ0n) is 6.69. The van der Waals surface area contributed by atoms with Gasteiger partial charge < -0.3 is 5.11 Å². The monoisotopic (exact) mass is 197 g/mol. The number of aromatic nitrogens is 1. The van der Waals surface area contributed by atoms with Gasteiger partial charge in [-0.15, -0.1) is 11.3 Å². The summed E-state index contributed by atoms with van der Waals surface area (Å²) in [4.78, 5) is 25.9. The average molecular weight is 197 g/mol. The summed E-state index contributed by atoms with van der Waals surface area (Å²) < 4.78 is 0. The smallest absolute Gasteiger partial charge is 0.378 e. The van der Waals surface area contributed by atoms with Crippen molar-refractivity contribution in [3.05, 3.63) is 16.1 Å². The van der Waals surface area contributed by atoms with Gasteiger partial charge in [0.05, 0.1) is 11.2 Å². The summed E-state index contributed by atoms with van der Waals surface area (Å²) in [6, 6.07) is 0. The molecular formula is C8H7NO3S. The third-order valence-electron chi connectivity index (χ3n) is 1.96. The largest absolute Gasteiger partial charge is 0.475 e. The van der Waals surface area contributed by atoms with Crippen molar-refractivity contribution in [2.45, 2.75) is 18.8 Å². The number of carboxylic acid groups (broad SMARTS) is 1. The highest BCUT2D eigenvalue weighted by Crippen LogP contribution is 2.41. The van der Waals surface area contributed by atoms with Crippen LogP contribution in [-0.2, 0) is 4.79 Å². The van der Waals surface area contributed by atoms with E-state index in [9.17, 15) is 9.59 Å². The van der Waals surface area contributed by atoms with E-state index in [1.165, 1.54) is 5.51 Å². The Labute approximate surface area is 78.2 Å². The molecule has 0 atom stereocenters. The lowest BCUT2D eigenvalue weighted by Gasteiger charge is -1.94. The summed E-state index contributed by atoms with van der Waals surface area (Å²) in [6.07, 6.45) is 2.03. The van der Waals surface area contributed by atoms with Crippen LogP contribution in [0.1, 0.15) is 34.1 Å². The summed E-state index contributed by atoms with van der Waals surface area (Å²) in [6.45, 7) is 0. The first kappa shape index (κ1) is 8.37. The maximum atomic E-state index is 11.1. The van der Waals surface area contributed by atoms with Crippen molar-refractivity contribution in [2.75, 3.05) is 0 Å². The van der Waals surface area contributed by atoms with Crippen LogP contribution in [0, 0.1) is 0 Å². The minimum atomic E-state index is -1.40. The van der Waals surface area contributed by atoms with Crippen LogP contribution in [-0.4, -0.2) is 21.8 Å². The SMILES string of the molecule is O=C(O)C(=O)c1scnc1C1CC1. The third kappa shape index (κ3) is 1.47. The first-order valence-corrected chi connectivity index (χ1v) is 4.79. The maximum Gasteiger partial charge on any atom is 0.378 e. The number of ketones is 1. The van der Waals surface area contributed by atoms with Crippen molar-refractivity contribution in [3.8, 4) is 0 Å². The van der Waals surface area contributed by atoms with E-state index >= 15 is 0 Å². The lowest BCUT2D eigenvalue weighted by atomic mass is 10.2. The van der Waals surface area contributed by atoms with Gasteiger partial charge >= 0.3 is 5.97 Å². The predicted molar refractivity (Wildman–Crippen MR) is 46.1 cm³/mol. The first-order valence-electron chi connectivity index (χ1n) is 3.91. The highest BCUT2D eigenvalue weighted by atomic mass is 32.1. The van der Waals surface area contributed by atoms with Crippen LogP contribution in [0.25, 0.3) is 0 Å². The fourth-order valence-corrected chi connectivity index (χ4v) is 1.98. The molecule has 4 nitrogen and oxygen atoms in total. The van der Waals surface area contributed by atoms with Gasteiger partial charge in [0.15, 0.2) is 0 Å². The molecule has 1 N–H and O–H groups in total. The van der Waals surface area contributed by atoms with Gasteiger partial charge in [-0.05, 0) is 12.8 Å². The molecule has 0 radical (unpaired) electrons. The second-order valence-electron chi connectivity index (χ2n) is 2.98. The molecule has 0 aromatic carbocycles. The molecular weight excluding hydrogens is 190 g/mol. The highest BCUT2D eigenvalue weighted by molar-refractivity contribution is 7.12. The Morgan fingerprint density at radius 3 is 2.77 bits per heavy atom. The standard InChI is InChI=1S/C8H7NO3S/c10-6(8(11)12)7-5(4-1-2-4)9-3-13-7/h3-4H,1-2H2,(H,11,12). The van der Waals surface area contributed by atoms with Crippen molar-refractivity contribution in [1.29, 1.82) is 0 Å². The minimum Gasteiger partial charge on any atom is -0.475 e. The molecule has 1 fully saturated rings. The molecule has 1 aromatic heterocycles. The Bertz CT molecular complexity index is 367. The number of rotatable bonds is 3. The van der Waals surface area contributed by atoms with Crippen molar-refractivity contribution < 1.29 is 14.7 Å². The van der Waals surface area contributed by atoms with E-state index in [4.69, 9.17) is 5.11 Å². The van der Waals surface area contributed by atoms with E-state index in [2.05, 4.69) is 4.98 Å². The lowest BCUT2D eigenvalue weighted by Crippen LogP contribution is -2.12. The van der Waals surface area contributed by atoms with Gasteiger partial charge in [-0.2, -0.15) is 0 Å². The van der Waals surface area contributed by atoms with Crippen LogP contribution < -0.4 is 0 Å². The van der Waals surface area contributed by atoms with Crippen LogP contribution in [0.4, 0.5) is 0 Å². The summed E-state index contributed by atoms with van der Waals surface area (Å²) in [5.41, 5.74) is 2.21. The van der Waals surface area contributed by atoms with Crippen LogP contribution in [0.15, 0.2) is 5.51 Å². The fourth-order valence-electron chi connectivity index (χ4n) is 1.17. The number of carboxylic acids is 1. The Balaban J connectivity index is 2.33. The molecule has 5 heteroatoms. The van der Waals surface area contributed by atoms with Gasteiger partial charge in [0, 0.05) is 5.92 Å². The van der Waals surface area contributed by atoms with Gasteiger partial charge in [0.1, 0.15) is 4.88 Å². The molecule has 68 valence electrons. The molecule has 1 aromatic rings. The van der Waals surface area contributed by atoms with E-state index in [1.54, 1.807) is 0 Å². The van der Waals surface area contributed by atoms with E-state index < -0.39 is 11.8 Å².